The van der Waals surface area contributed by atoms with Crippen LogP contribution < -0.4 is 14.8 Å². The number of anilines is 1. The number of aromatic nitrogens is 2. The number of fused-ring (bicyclic) bond motifs is 1. The summed E-state index contributed by atoms with van der Waals surface area (Å²) >= 11 is 0. The maximum absolute atomic E-state index is 14.9. The Morgan fingerprint density at radius 2 is 1.82 bits per heavy atom. The fraction of sp³-hybridized carbons (Fsp3) is 0.276. The molecule has 0 spiro atoms. The summed E-state index contributed by atoms with van der Waals surface area (Å²) < 4.78 is 32.7. The SMILES string of the molecule is COc1ccc(/C2=C/C=C\CCc3cc(C(=O)Nc4ccc(C(=O)N5CCOCC5)cc4F)nn32)cc1OC. The number of aryl methyl sites for hydroxylation is 1. The third-order valence-electron chi connectivity index (χ3n) is 6.64. The summed E-state index contributed by atoms with van der Waals surface area (Å²) in [6.07, 6.45) is 7.35. The number of hydrogen-bond acceptors (Lipinski definition) is 6. The first-order valence-electron chi connectivity index (χ1n) is 12.6. The Labute approximate surface area is 225 Å². The van der Waals surface area contributed by atoms with E-state index in [1.54, 1.807) is 29.9 Å². The molecule has 3 aromatic rings. The van der Waals surface area contributed by atoms with Crippen LogP contribution in [0, 0.1) is 5.82 Å². The molecule has 1 N–H and O–H groups in total. The normalized spacial score (nSPS) is 17.2. The number of morpholine rings is 1. The largest absolute Gasteiger partial charge is 0.493 e. The van der Waals surface area contributed by atoms with Crippen LogP contribution in [0.2, 0.25) is 0 Å². The van der Waals surface area contributed by atoms with Gasteiger partial charge in [0.05, 0.1) is 38.8 Å². The number of nitrogens with one attached hydrogen (secondary N) is 1. The molecule has 10 heteroatoms. The Kier molecular flexibility index (Phi) is 7.74. The van der Waals surface area contributed by atoms with Gasteiger partial charge in [-0.25, -0.2) is 9.07 Å². The van der Waals surface area contributed by atoms with E-state index in [4.69, 9.17) is 14.2 Å². The molecule has 0 unspecified atom stereocenters. The average Bonchev–Trinajstić information content (AvgIpc) is 3.37. The first-order chi connectivity index (χ1) is 19.0. The highest BCUT2D eigenvalue weighted by molar-refractivity contribution is 6.03. The van der Waals surface area contributed by atoms with E-state index >= 15 is 0 Å². The molecule has 1 saturated heterocycles. The molecule has 3 heterocycles. The van der Waals surface area contributed by atoms with Crippen LogP contribution in [0.5, 0.6) is 11.5 Å². The van der Waals surface area contributed by atoms with E-state index in [-0.39, 0.29) is 22.9 Å². The second-order valence-electron chi connectivity index (χ2n) is 9.07. The van der Waals surface area contributed by atoms with E-state index in [9.17, 15) is 14.0 Å². The summed E-state index contributed by atoms with van der Waals surface area (Å²) in [5.74, 6) is -0.356. The molecule has 0 radical (unpaired) electrons. The molecule has 202 valence electrons. The van der Waals surface area contributed by atoms with Gasteiger partial charge >= 0.3 is 0 Å². The molecular weight excluding hydrogens is 503 g/mol. The molecule has 0 bridgehead atoms. The number of hydrogen-bond donors (Lipinski definition) is 1. The van der Waals surface area contributed by atoms with Crippen molar-refractivity contribution in [3.8, 4) is 11.5 Å². The van der Waals surface area contributed by atoms with Crippen LogP contribution in [-0.2, 0) is 11.2 Å². The van der Waals surface area contributed by atoms with Crippen molar-refractivity contribution in [3.05, 3.63) is 89.0 Å². The lowest BCUT2D eigenvalue weighted by atomic mass is 10.1. The minimum absolute atomic E-state index is 0.0312. The number of halogens is 1. The third-order valence-corrected chi connectivity index (χ3v) is 6.64. The third kappa shape index (κ3) is 5.56. The van der Waals surface area contributed by atoms with Gasteiger partial charge in [0, 0.05) is 29.9 Å². The second kappa shape index (κ2) is 11.5. The fourth-order valence-corrected chi connectivity index (χ4v) is 4.57. The van der Waals surface area contributed by atoms with Gasteiger partial charge < -0.3 is 24.4 Å². The van der Waals surface area contributed by atoms with Crippen molar-refractivity contribution in [1.82, 2.24) is 14.7 Å². The fourth-order valence-electron chi connectivity index (χ4n) is 4.57. The summed E-state index contributed by atoms with van der Waals surface area (Å²) in [6.45, 7) is 1.82. The predicted molar refractivity (Wildman–Crippen MR) is 144 cm³/mol. The number of amides is 2. The van der Waals surface area contributed by atoms with Gasteiger partial charge in [-0.3, -0.25) is 9.59 Å². The van der Waals surface area contributed by atoms with Crippen LogP contribution in [0.25, 0.3) is 5.70 Å². The molecule has 39 heavy (non-hydrogen) atoms. The van der Waals surface area contributed by atoms with Gasteiger partial charge in [-0.1, -0.05) is 12.2 Å². The summed E-state index contributed by atoms with van der Waals surface area (Å²) in [6, 6.07) is 11.3. The zero-order chi connectivity index (χ0) is 27.4. The van der Waals surface area contributed by atoms with Gasteiger partial charge in [-0.05, 0) is 61.4 Å². The molecule has 0 aliphatic carbocycles. The Morgan fingerprint density at radius 1 is 1.03 bits per heavy atom. The zero-order valence-electron chi connectivity index (χ0n) is 21.8. The summed E-state index contributed by atoms with van der Waals surface area (Å²) in [7, 11) is 3.14. The van der Waals surface area contributed by atoms with Crippen molar-refractivity contribution < 1.29 is 28.2 Å². The molecule has 2 amide bonds. The number of nitrogens with zero attached hydrogens (tertiary/aromatic N) is 3. The van der Waals surface area contributed by atoms with Crippen molar-refractivity contribution in [3.63, 3.8) is 0 Å². The molecule has 0 saturated carbocycles. The zero-order valence-corrected chi connectivity index (χ0v) is 21.8. The lowest BCUT2D eigenvalue weighted by Crippen LogP contribution is -2.40. The summed E-state index contributed by atoms with van der Waals surface area (Å²) in [4.78, 5) is 27.4. The van der Waals surface area contributed by atoms with Gasteiger partial charge in [-0.15, -0.1) is 0 Å². The van der Waals surface area contributed by atoms with Crippen LogP contribution in [0.1, 0.15) is 38.5 Å². The van der Waals surface area contributed by atoms with Gasteiger partial charge in [-0.2, -0.15) is 5.10 Å². The van der Waals surface area contributed by atoms with Crippen LogP contribution >= 0.6 is 0 Å². The Balaban J connectivity index is 1.39. The van der Waals surface area contributed by atoms with E-state index in [0.29, 0.717) is 44.2 Å². The molecule has 9 nitrogen and oxygen atoms in total. The van der Waals surface area contributed by atoms with Crippen LogP contribution in [0.3, 0.4) is 0 Å². The highest BCUT2D eigenvalue weighted by atomic mass is 19.1. The molecule has 2 aliphatic rings. The molecule has 2 aromatic carbocycles. The van der Waals surface area contributed by atoms with Crippen molar-refractivity contribution >= 4 is 23.2 Å². The lowest BCUT2D eigenvalue weighted by molar-refractivity contribution is 0.0302. The van der Waals surface area contributed by atoms with Gasteiger partial charge in [0.25, 0.3) is 11.8 Å². The van der Waals surface area contributed by atoms with E-state index in [0.717, 1.165) is 29.4 Å². The molecule has 0 atom stereocenters. The smallest absolute Gasteiger partial charge is 0.276 e. The van der Waals surface area contributed by atoms with Crippen LogP contribution in [0.4, 0.5) is 10.1 Å². The number of carbonyl (C=O) groups excluding carboxylic acids is 2. The number of carbonyl (C=O) groups is 2. The minimum atomic E-state index is -0.699. The summed E-state index contributed by atoms with van der Waals surface area (Å²) in [5, 5.41) is 7.17. The molecule has 1 fully saturated rings. The Morgan fingerprint density at radius 3 is 2.56 bits per heavy atom. The average molecular weight is 533 g/mol. The van der Waals surface area contributed by atoms with Crippen molar-refractivity contribution in [2.75, 3.05) is 45.8 Å². The molecule has 2 aliphatic heterocycles. The predicted octanol–water partition coefficient (Wildman–Crippen LogP) is 4.16. The minimum Gasteiger partial charge on any atom is -0.493 e. The number of methoxy groups -OCH3 is 2. The maximum atomic E-state index is 14.9. The highest BCUT2D eigenvalue weighted by Gasteiger charge is 2.22. The standard InChI is InChI=1S/C29H29FN4O5/c1-37-26-11-9-19(17-27(26)38-2)25-7-5-3-4-6-21-18-24(32-34(21)25)28(35)31-23-10-8-20(16-22(23)30)29(36)33-12-14-39-15-13-33/h3,5,7-11,16-18H,4,6,12-15H2,1-2H3,(H,31,35)/b5-3-,25-7-. The molecule has 5 rings (SSSR count). The van der Waals surface area contributed by atoms with E-state index in [1.807, 2.05) is 36.4 Å². The van der Waals surface area contributed by atoms with Crippen molar-refractivity contribution in [1.29, 1.82) is 0 Å². The maximum Gasteiger partial charge on any atom is 0.276 e. The molecule has 1 aromatic heterocycles. The Bertz CT molecular complexity index is 1460. The highest BCUT2D eigenvalue weighted by Crippen LogP contribution is 2.32. The topological polar surface area (TPSA) is 94.9 Å². The number of rotatable bonds is 6. The lowest BCUT2D eigenvalue weighted by Gasteiger charge is -2.26. The number of benzene rings is 2. The summed E-state index contributed by atoms with van der Waals surface area (Å²) in [5.41, 5.74) is 2.73. The quantitative estimate of drug-likeness (QED) is 0.513. The number of ether oxygens (including phenoxy) is 3. The van der Waals surface area contributed by atoms with Crippen LogP contribution in [0.15, 0.2) is 60.7 Å². The van der Waals surface area contributed by atoms with Crippen molar-refractivity contribution in [2.45, 2.75) is 12.8 Å². The second-order valence-corrected chi connectivity index (χ2v) is 9.07. The first-order valence-corrected chi connectivity index (χ1v) is 12.6. The van der Waals surface area contributed by atoms with Gasteiger partial charge in [0.1, 0.15) is 5.82 Å². The first kappa shape index (κ1) is 26.2. The van der Waals surface area contributed by atoms with Crippen LogP contribution in [-0.4, -0.2) is 67.0 Å². The van der Waals surface area contributed by atoms with Crippen molar-refractivity contribution in [2.24, 2.45) is 0 Å². The van der Waals surface area contributed by atoms with E-state index in [1.165, 1.54) is 12.1 Å². The number of allylic oxidation sites excluding steroid dienone is 3. The molecular formula is C29H29FN4O5. The van der Waals surface area contributed by atoms with E-state index < -0.39 is 11.7 Å². The van der Waals surface area contributed by atoms with Gasteiger partial charge in [0.2, 0.25) is 0 Å². The Hall–Kier alpha value is -4.44. The van der Waals surface area contributed by atoms with Gasteiger partial charge in [0.15, 0.2) is 17.2 Å². The van der Waals surface area contributed by atoms with E-state index in [2.05, 4.69) is 10.4 Å². The monoisotopic (exact) mass is 532 g/mol.